The minimum absolute atomic E-state index is 0.166. The third kappa shape index (κ3) is 3.46. The molecule has 0 amide bonds. The van der Waals surface area contributed by atoms with E-state index in [1.165, 1.54) is 0 Å². The van der Waals surface area contributed by atoms with Crippen molar-refractivity contribution in [2.24, 2.45) is 13.0 Å². The zero-order valence-electron chi connectivity index (χ0n) is 13.3. The fraction of sp³-hybridized carbons (Fsp3) is 0.786. The van der Waals surface area contributed by atoms with Crippen LogP contribution in [0.1, 0.15) is 32.5 Å². The number of aromatic nitrogens is 2. The Morgan fingerprint density at radius 1 is 1.52 bits per heavy atom. The van der Waals surface area contributed by atoms with Crippen molar-refractivity contribution in [3.63, 3.8) is 0 Å². The van der Waals surface area contributed by atoms with E-state index in [-0.39, 0.29) is 5.03 Å². The van der Waals surface area contributed by atoms with Gasteiger partial charge in [0.2, 0.25) is 0 Å². The third-order valence-corrected chi connectivity index (χ3v) is 6.08. The quantitative estimate of drug-likeness (QED) is 0.884. The Kier molecular flexibility index (Phi) is 5.06. The molecule has 21 heavy (non-hydrogen) atoms. The van der Waals surface area contributed by atoms with Gasteiger partial charge in [0.25, 0.3) is 10.0 Å². The van der Waals surface area contributed by atoms with Crippen LogP contribution in [0.4, 0.5) is 0 Å². The lowest BCUT2D eigenvalue weighted by Crippen LogP contribution is -2.46. The van der Waals surface area contributed by atoms with Crippen molar-refractivity contribution in [2.45, 2.75) is 44.7 Å². The Labute approximate surface area is 127 Å². The largest absolute Gasteiger partial charge is 0.337 e. The average molecular weight is 314 g/mol. The van der Waals surface area contributed by atoms with Crippen LogP contribution in [0.25, 0.3) is 0 Å². The predicted molar refractivity (Wildman–Crippen MR) is 82.6 cm³/mol. The molecule has 120 valence electrons. The molecule has 1 aliphatic rings. The monoisotopic (exact) mass is 314 g/mol. The first kappa shape index (κ1) is 16.5. The molecule has 1 aromatic heterocycles. The van der Waals surface area contributed by atoms with Gasteiger partial charge >= 0.3 is 0 Å². The number of imidazole rings is 1. The van der Waals surface area contributed by atoms with Crippen molar-refractivity contribution in [2.75, 3.05) is 19.6 Å². The zero-order valence-corrected chi connectivity index (χ0v) is 14.2. The van der Waals surface area contributed by atoms with Gasteiger partial charge in [0.1, 0.15) is 5.82 Å². The highest BCUT2D eigenvalue weighted by atomic mass is 32.2. The molecular formula is C14H26N4O2S. The molecule has 2 heterocycles. The van der Waals surface area contributed by atoms with Crippen LogP contribution in [0.15, 0.2) is 11.2 Å². The van der Waals surface area contributed by atoms with Gasteiger partial charge in [0, 0.05) is 32.4 Å². The van der Waals surface area contributed by atoms with E-state index < -0.39 is 10.0 Å². The van der Waals surface area contributed by atoms with Gasteiger partial charge in [-0.05, 0) is 39.2 Å². The number of rotatable bonds is 5. The van der Waals surface area contributed by atoms with E-state index >= 15 is 0 Å². The van der Waals surface area contributed by atoms with Crippen molar-refractivity contribution < 1.29 is 8.42 Å². The van der Waals surface area contributed by atoms with Gasteiger partial charge in [-0.2, -0.15) is 4.31 Å². The fourth-order valence-electron chi connectivity index (χ4n) is 2.87. The van der Waals surface area contributed by atoms with Gasteiger partial charge in [-0.1, -0.05) is 6.92 Å². The highest BCUT2D eigenvalue weighted by molar-refractivity contribution is 7.89. The van der Waals surface area contributed by atoms with Gasteiger partial charge in [-0.3, -0.25) is 0 Å². The summed E-state index contributed by atoms with van der Waals surface area (Å²) in [5, 5.41) is 3.56. The Balaban J connectivity index is 2.16. The SMILES string of the molecule is CCNC(C)C1CCCN(S(=O)(=O)c2cn(C)c(C)n2)C1. The second-order valence-electron chi connectivity index (χ2n) is 5.85. The standard InChI is InChI=1S/C14H26N4O2S/c1-5-15-11(2)13-7-6-8-18(9-13)21(19,20)14-10-17(4)12(3)16-14/h10-11,13,15H,5-9H2,1-4H3. The molecular weight excluding hydrogens is 288 g/mol. The maximum absolute atomic E-state index is 12.7. The second-order valence-corrected chi connectivity index (χ2v) is 7.73. The maximum atomic E-state index is 12.7. The van der Waals surface area contributed by atoms with Gasteiger partial charge < -0.3 is 9.88 Å². The smallest absolute Gasteiger partial charge is 0.262 e. The van der Waals surface area contributed by atoms with E-state index in [4.69, 9.17) is 0 Å². The van der Waals surface area contributed by atoms with Crippen LogP contribution in [0.2, 0.25) is 0 Å². The molecule has 0 aliphatic carbocycles. The summed E-state index contributed by atoms with van der Waals surface area (Å²) in [7, 11) is -1.66. The molecule has 7 heteroatoms. The van der Waals surface area contributed by atoms with Crippen LogP contribution in [0, 0.1) is 12.8 Å². The van der Waals surface area contributed by atoms with E-state index in [1.54, 1.807) is 15.1 Å². The first-order chi connectivity index (χ1) is 9.86. The molecule has 0 radical (unpaired) electrons. The topological polar surface area (TPSA) is 67.2 Å². The molecule has 0 aromatic carbocycles. The summed E-state index contributed by atoms with van der Waals surface area (Å²) in [6, 6.07) is 0.332. The second kappa shape index (κ2) is 6.46. The molecule has 1 N–H and O–H groups in total. The lowest BCUT2D eigenvalue weighted by molar-refractivity contribution is 0.225. The molecule has 0 saturated carbocycles. The summed E-state index contributed by atoms with van der Waals surface area (Å²) in [4.78, 5) is 4.18. The number of nitrogens with one attached hydrogen (secondary N) is 1. The summed E-state index contributed by atoms with van der Waals surface area (Å²) >= 11 is 0. The Morgan fingerprint density at radius 3 is 2.81 bits per heavy atom. The number of aryl methyl sites for hydroxylation is 2. The average Bonchev–Trinajstić information content (AvgIpc) is 2.80. The van der Waals surface area contributed by atoms with Crippen LogP contribution < -0.4 is 5.32 Å². The fourth-order valence-corrected chi connectivity index (χ4v) is 4.43. The molecule has 1 fully saturated rings. The molecule has 1 saturated heterocycles. The molecule has 0 bridgehead atoms. The number of sulfonamides is 1. The van der Waals surface area contributed by atoms with Crippen LogP contribution in [0.5, 0.6) is 0 Å². The number of nitrogens with zero attached hydrogens (tertiary/aromatic N) is 3. The molecule has 2 rings (SSSR count). The van der Waals surface area contributed by atoms with Gasteiger partial charge in [0.05, 0.1) is 0 Å². The number of piperidine rings is 1. The number of hydrogen-bond acceptors (Lipinski definition) is 4. The first-order valence-corrected chi connectivity index (χ1v) is 9.03. The normalized spacial score (nSPS) is 22.4. The summed E-state index contributed by atoms with van der Waals surface area (Å²) in [5.74, 6) is 1.07. The van der Waals surface area contributed by atoms with E-state index in [9.17, 15) is 8.42 Å². The van der Waals surface area contributed by atoms with E-state index in [2.05, 4.69) is 24.1 Å². The molecule has 2 atom stereocenters. The van der Waals surface area contributed by atoms with Crippen LogP contribution in [-0.4, -0.2) is 48.0 Å². The van der Waals surface area contributed by atoms with Crippen LogP contribution in [-0.2, 0) is 17.1 Å². The Hall–Kier alpha value is -0.920. The van der Waals surface area contributed by atoms with Crippen molar-refractivity contribution in [3.05, 3.63) is 12.0 Å². The minimum Gasteiger partial charge on any atom is -0.337 e. The van der Waals surface area contributed by atoms with Crippen molar-refractivity contribution in [1.82, 2.24) is 19.2 Å². The summed E-state index contributed by atoms with van der Waals surface area (Å²) in [6.45, 7) is 8.09. The maximum Gasteiger partial charge on any atom is 0.262 e. The van der Waals surface area contributed by atoms with Crippen LogP contribution >= 0.6 is 0 Å². The third-order valence-electron chi connectivity index (χ3n) is 4.34. The molecule has 1 aromatic rings. The van der Waals surface area contributed by atoms with Crippen molar-refractivity contribution in [3.8, 4) is 0 Å². The highest BCUT2D eigenvalue weighted by Gasteiger charge is 2.33. The Bertz CT molecular complexity index is 562. The minimum atomic E-state index is -3.47. The predicted octanol–water partition coefficient (Wildman–Crippen LogP) is 1.13. The van der Waals surface area contributed by atoms with E-state index in [0.717, 1.165) is 19.4 Å². The molecule has 6 nitrogen and oxygen atoms in total. The summed E-state index contributed by atoms with van der Waals surface area (Å²) < 4.78 is 28.8. The van der Waals surface area contributed by atoms with Crippen LogP contribution in [0.3, 0.4) is 0 Å². The van der Waals surface area contributed by atoms with E-state index in [0.29, 0.717) is 30.9 Å². The van der Waals surface area contributed by atoms with Crippen molar-refractivity contribution >= 4 is 10.0 Å². The summed E-state index contributed by atoms with van der Waals surface area (Å²) in [6.07, 6.45) is 3.58. The van der Waals surface area contributed by atoms with Crippen molar-refractivity contribution in [1.29, 1.82) is 0 Å². The van der Waals surface area contributed by atoms with Gasteiger partial charge in [0.15, 0.2) is 5.03 Å². The van der Waals surface area contributed by atoms with Gasteiger partial charge in [-0.15, -0.1) is 0 Å². The number of hydrogen-bond donors (Lipinski definition) is 1. The lowest BCUT2D eigenvalue weighted by Gasteiger charge is -2.34. The highest BCUT2D eigenvalue weighted by Crippen LogP contribution is 2.25. The van der Waals surface area contributed by atoms with E-state index in [1.807, 2.05) is 14.0 Å². The zero-order chi connectivity index (χ0) is 15.6. The molecule has 1 aliphatic heterocycles. The lowest BCUT2D eigenvalue weighted by atomic mass is 9.93. The molecule has 2 unspecified atom stereocenters. The van der Waals surface area contributed by atoms with Gasteiger partial charge in [-0.25, -0.2) is 13.4 Å². The molecule has 0 spiro atoms. The summed E-state index contributed by atoms with van der Waals surface area (Å²) in [5.41, 5.74) is 0. The Morgan fingerprint density at radius 2 is 2.24 bits per heavy atom. The first-order valence-electron chi connectivity index (χ1n) is 7.59.